The fourth-order valence-electron chi connectivity index (χ4n) is 3.24. The first-order valence-corrected chi connectivity index (χ1v) is 9.81. The molecular weight excluding hydrogens is 449 g/mol. The molecule has 0 aliphatic carbocycles. The lowest BCUT2D eigenvalue weighted by atomic mass is 10.1. The van der Waals surface area contributed by atoms with Gasteiger partial charge in [-0.3, -0.25) is 4.79 Å². The summed E-state index contributed by atoms with van der Waals surface area (Å²) in [5, 5.41) is 6.64. The van der Waals surface area contributed by atoms with Crippen LogP contribution in [-0.2, 0) is 0 Å². The number of hydrogen-bond acceptors (Lipinski definition) is 3. The van der Waals surface area contributed by atoms with Gasteiger partial charge in [-0.05, 0) is 43.3 Å². The third kappa shape index (κ3) is 3.31. The molecule has 0 aliphatic rings. The monoisotopic (exact) mass is 461 g/mol. The van der Waals surface area contributed by atoms with Gasteiger partial charge < -0.3 is 10.3 Å². The average Bonchev–Trinajstić information content (AvgIpc) is 2.62. The molecule has 0 fully saturated rings. The van der Waals surface area contributed by atoms with Gasteiger partial charge in [0.15, 0.2) is 0 Å². The van der Waals surface area contributed by atoms with Crippen LogP contribution in [0.5, 0.6) is 0 Å². The minimum absolute atomic E-state index is 0.163. The van der Waals surface area contributed by atoms with Crippen LogP contribution in [0.4, 0.5) is 5.82 Å². The molecule has 0 amide bonds. The zero-order valence-electron chi connectivity index (χ0n) is 14.2. The molecule has 2 N–H and O–H groups in total. The van der Waals surface area contributed by atoms with Gasteiger partial charge >= 0.3 is 0 Å². The summed E-state index contributed by atoms with van der Waals surface area (Å²) >= 11 is 16.1. The molecule has 0 bridgehead atoms. The molecule has 0 aliphatic heterocycles. The quantitative estimate of drug-likeness (QED) is 0.350. The standard InChI is InChI=1S/C20H14BrCl2N3O/c1-10(17-14(22)3-2-4-15(17)23)25-19-12-7-8-24-20(27)18(12)13-9-11(21)5-6-16(13)26-19/h2-10H,1H3,(H,24,27)(H,25,26). The number of anilines is 1. The maximum atomic E-state index is 12.6. The van der Waals surface area contributed by atoms with E-state index in [4.69, 9.17) is 28.2 Å². The van der Waals surface area contributed by atoms with Crippen molar-refractivity contribution in [3.05, 3.63) is 79.1 Å². The molecule has 27 heavy (non-hydrogen) atoms. The van der Waals surface area contributed by atoms with E-state index in [-0.39, 0.29) is 11.6 Å². The Morgan fingerprint density at radius 1 is 1.11 bits per heavy atom. The van der Waals surface area contributed by atoms with E-state index < -0.39 is 0 Å². The van der Waals surface area contributed by atoms with Crippen molar-refractivity contribution in [1.82, 2.24) is 9.97 Å². The minimum atomic E-state index is -0.200. The lowest BCUT2D eigenvalue weighted by Crippen LogP contribution is -2.12. The Balaban J connectivity index is 1.92. The molecule has 0 saturated heterocycles. The van der Waals surface area contributed by atoms with E-state index in [2.05, 4.69) is 26.2 Å². The molecule has 0 radical (unpaired) electrons. The molecule has 4 nitrogen and oxygen atoms in total. The van der Waals surface area contributed by atoms with Crippen molar-refractivity contribution < 1.29 is 0 Å². The Hall–Kier alpha value is -2.08. The van der Waals surface area contributed by atoms with Crippen molar-refractivity contribution in [2.75, 3.05) is 5.32 Å². The van der Waals surface area contributed by atoms with E-state index in [0.717, 1.165) is 26.3 Å². The van der Waals surface area contributed by atoms with Crippen LogP contribution in [0.1, 0.15) is 18.5 Å². The molecule has 136 valence electrons. The predicted molar refractivity (Wildman–Crippen MR) is 116 cm³/mol. The first-order valence-electron chi connectivity index (χ1n) is 8.27. The van der Waals surface area contributed by atoms with Crippen molar-refractivity contribution in [2.24, 2.45) is 0 Å². The largest absolute Gasteiger partial charge is 0.363 e. The van der Waals surface area contributed by atoms with Gasteiger partial charge in [-0.25, -0.2) is 4.98 Å². The van der Waals surface area contributed by atoms with E-state index in [9.17, 15) is 4.79 Å². The molecule has 1 atom stereocenters. The lowest BCUT2D eigenvalue weighted by Gasteiger charge is -2.19. The van der Waals surface area contributed by atoms with Crippen molar-refractivity contribution in [1.29, 1.82) is 0 Å². The summed E-state index contributed by atoms with van der Waals surface area (Å²) in [5.74, 6) is 0.606. The highest BCUT2D eigenvalue weighted by Crippen LogP contribution is 2.34. The maximum absolute atomic E-state index is 12.6. The number of rotatable bonds is 3. The summed E-state index contributed by atoms with van der Waals surface area (Å²) < 4.78 is 0.887. The topological polar surface area (TPSA) is 57.8 Å². The van der Waals surface area contributed by atoms with E-state index in [1.807, 2.05) is 37.3 Å². The summed E-state index contributed by atoms with van der Waals surface area (Å²) in [7, 11) is 0. The van der Waals surface area contributed by atoms with Crippen LogP contribution in [0.3, 0.4) is 0 Å². The Morgan fingerprint density at radius 3 is 2.59 bits per heavy atom. The van der Waals surface area contributed by atoms with Gasteiger partial charge in [0.05, 0.1) is 16.9 Å². The number of benzene rings is 2. The molecule has 2 aromatic carbocycles. The first-order chi connectivity index (χ1) is 13.0. The van der Waals surface area contributed by atoms with Crippen molar-refractivity contribution in [3.63, 3.8) is 0 Å². The number of aromatic nitrogens is 2. The Labute approximate surface area is 173 Å². The van der Waals surface area contributed by atoms with Crippen molar-refractivity contribution in [3.8, 4) is 0 Å². The molecule has 1 unspecified atom stereocenters. The highest BCUT2D eigenvalue weighted by molar-refractivity contribution is 9.10. The number of nitrogens with one attached hydrogen (secondary N) is 2. The second-order valence-corrected chi connectivity index (χ2v) is 7.95. The maximum Gasteiger partial charge on any atom is 0.256 e. The summed E-state index contributed by atoms with van der Waals surface area (Å²) in [4.78, 5) is 20.0. The van der Waals surface area contributed by atoms with E-state index in [1.54, 1.807) is 18.3 Å². The van der Waals surface area contributed by atoms with Crippen LogP contribution in [0.25, 0.3) is 21.7 Å². The minimum Gasteiger partial charge on any atom is -0.363 e. The predicted octanol–water partition coefficient (Wildman–Crippen LogP) is 6.32. The number of hydrogen-bond donors (Lipinski definition) is 2. The molecular formula is C20H14BrCl2N3O. The van der Waals surface area contributed by atoms with Crippen molar-refractivity contribution in [2.45, 2.75) is 13.0 Å². The summed E-state index contributed by atoms with van der Waals surface area (Å²) in [5.41, 5.74) is 1.35. The van der Waals surface area contributed by atoms with Gasteiger partial charge in [-0.2, -0.15) is 0 Å². The van der Waals surface area contributed by atoms with Gasteiger partial charge in [0.1, 0.15) is 5.82 Å². The Kier molecular flexibility index (Phi) is 4.84. The molecule has 7 heteroatoms. The van der Waals surface area contributed by atoms with Gasteiger partial charge in [-0.15, -0.1) is 0 Å². The fourth-order valence-corrected chi connectivity index (χ4v) is 4.33. The zero-order chi connectivity index (χ0) is 19.1. The van der Waals surface area contributed by atoms with Crippen LogP contribution in [0.2, 0.25) is 10.0 Å². The number of pyridine rings is 2. The van der Waals surface area contributed by atoms with E-state index in [1.165, 1.54) is 0 Å². The highest BCUT2D eigenvalue weighted by Gasteiger charge is 2.17. The second kappa shape index (κ2) is 7.15. The number of halogens is 3. The van der Waals surface area contributed by atoms with E-state index >= 15 is 0 Å². The molecule has 2 aromatic heterocycles. The Morgan fingerprint density at radius 2 is 1.85 bits per heavy atom. The lowest BCUT2D eigenvalue weighted by molar-refractivity contribution is 0.879. The molecule has 4 rings (SSSR count). The second-order valence-electron chi connectivity index (χ2n) is 6.22. The number of aromatic amines is 1. The normalized spacial score (nSPS) is 12.4. The van der Waals surface area contributed by atoms with Crippen LogP contribution >= 0.6 is 39.1 Å². The third-order valence-electron chi connectivity index (χ3n) is 4.46. The summed E-state index contributed by atoms with van der Waals surface area (Å²) in [6.45, 7) is 1.96. The van der Waals surface area contributed by atoms with Gasteiger partial charge in [0.2, 0.25) is 0 Å². The van der Waals surface area contributed by atoms with E-state index in [0.29, 0.717) is 21.2 Å². The van der Waals surface area contributed by atoms with Crippen LogP contribution < -0.4 is 10.9 Å². The summed E-state index contributed by atoms with van der Waals surface area (Å²) in [6.07, 6.45) is 1.62. The number of nitrogens with zero attached hydrogens (tertiary/aromatic N) is 1. The highest BCUT2D eigenvalue weighted by atomic mass is 79.9. The average molecular weight is 463 g/mol. The zero-order valence-corrected chi connectivity index (χ0v) is 17.3. The van der Waals surface area contributed by atoms with Crippen molar-refractivity contribution >= 4 is 66.6 Å². The SMILES string of the molecule is CC(Nc1nc2ccc(Br)cc2c2c(=O)[nH]ccc12)c1c(Cl)cccc1Cl. The number of fused-ring (bicyclic) bond motifs is 3. The molecule has 0 spiro atoms. The number of H-pyrrole nitrogens is 1. The molecule has 2 heterocycles. The smallest absolute Gasteiger partial charge is 0.256 e. The third-order valence-corrected chi connectivity index (χ3v) is 5.61. The van der Waals surface area contributed by atoms with Gasteiger partial charge in [0.25, 0.3) is 5.56 Å². The van der Waals surface area contributed by atoms with Gasteiger partial charge in [0, 0.05) is 37.1 Å². The Bertz CT molecular complexity index is 1220. The van der Waals surface area contributed by atoms with Crippen LogP contribution in [0.15, 0.2) is 57.9 Å². The molecule has 4 aromatic rings. The summed E-state index contributed by atoms with van der Waals surface area (Å²) in [6, 6.07) is 12.7. The fraction of sp³-hybridized carbons (Fsp3) is 0.100. The first kappa shape index (κ1) is 18.3. The van der Waals surface area contributed by atoms with Crippen LogP contribution in [-0.4, -0.2) is 9.97 Å². The van der Waals surface area contributed by atoms with Crippen LogP contribution in [0, 0.1) is 0 Å². The molecule has 0 saturated carbocycles. The van der Waals surface area contributed by atoms with Gasteiger partial charge in [-0.1, -0.05) is 45.2 Å².